The van der Waals surface area contributed by atoms with Crippen LogP contribution >= 0.6 is 0 Å². The highest BCUT2D eigenvalue weighted by molar-refractivity contribution is 5.60. The first-order chi connectivity index (χ1) is 10.8. The monoisotopic (exact) mass is 312 g/mol. The van der Waals surface area contributed by atoms with E-state index in [2.05, 4.69) is 0 Å². The molecule has 124 valence electrons. The highest BCUT2D eigenvalue weighted by Crippen LogP contribution is 2.46. The second-order valence-corrected chi connectivity index (χ2v) is 4.98. The predicted molar refractivity (Wildman–Crippen MR) is 81.0 cm³/mol. The summed E-state index contributed by atoms with van der Waals surface area (Å²) < 4.78 is 27.8. The molecule has 1 unspecified atom stereocenters. The second-order valence-electron chi connectivity index (χ2n) is 4.98. The summed E-state index contributed by atoms with van der Waals surface area (Å²) in [6.07, 6.45) is 1.55. The minimum absolute atomic E-state index is 0.0113. The summed E-state index contributed by atoms with van der Waals surface area (Å²) >= 11 is 0. The number of benzene rings is 1. The van der Waals surface area contributed by atoms with E-state index in [1.807, 2.05) is 6.07 Å². The molecule has 1 aromatic carbocycles. The SMILES string of the molecule is COc1cc2c(c(OC)c1OC)C(COCCO)OCCC2. The van der Waals surface area contributed by atoms with Crippen LogP contribution in [0.3, 0.4) is 0 Å². The first kappa shape index (κ1) is 16.9. The fourth-order valence-corrected chi connectivity index (χ4v) is 2.75. The van der Waals surface area contributed by atoms with Crippen molar-refractivity contribution in [2.45, 2.75) is 18.9 Å². The van der Waals surface area contributed by atoms with E-state index in [9.17, 15) is 0 Å². The molecular formula is C16H24O6. The molecule has 1 aromatic rings. The lowest BCUT2D eigenvalue weighted by molar-refractivity contribution is -0.0239. The second kappa shape index (κ2) is 8.22. The first-order valence-electron chi connectivity index (χ1n) is 7.38. The average Bonchev–Trinajstić information content (AvgIpc) is 2.75. The van der Waals surface area contributed by atoms with E-state index in [0.29, 0.717) is 30.5 Å². The number of aryl methyl sites for hydroxylation is 1. The van der Waals surface area contributed by atoms with Crippen molar-refractivity contribution < 1.29 is 28.8 Å². The Balaban J connectivity index is 2.45. The fraction of sp³-hybridized carbons (Fsp3) is 0.625. The van der Waals surface area contributed by atoms with Gasteiger partial charge in [0.2, 0.25) is 5.75 Å². The Kier molecular flexibility index (Phi) is 6.30. The molecule has 0 saturated carbocycles. The Hall–Kier alpha value is -1.50. The van der Waals surface area contributed by atoms with Crippen molar-refractivity contribution in [2.24, 2.45) is 0 Å². The van der Waals surface area contributed by atoms with E-state index in [-0.39, 0.29) is 19.3 Å². The van der Waals surface area contributed by atoms with Crippen LogP contribution in [0.25, 0.3) is 0 Å². The van der Waals surface area contributed by atoms with Gasteiger partial charge in [-0.3, -0.25) is 0 Å². The van der Waals surface area contributed by atoms with Crippen molar-refractivity contribution in [2.75, 3.05) is 47.8 Å². The topological polar surface area (TPSA) is 66.4 Å². The number of ether oxygens (including phenoxy) is 5. The van der Waals surface area contributed by atoms with Gasteiger partial charge in [0.05, 0.1) is 41.2 Å². The van der Waals surface area contributed by atoms with E-state index in [4.69, 9.17) is 28.8 Å². The zero-order valence-corrected chi connectivity index (χ0v) is 13.4. The van der Waals surface area contributed by atoms with Crippen LogP contribution in [-0.2, 0) is 15.9 Å². The fourth-order valence-electron chi connectivity index (χ4n) is 2.75. The summed E-state index contributed by atoms with van der Waals surface area (Å²) in [7, 11) is 4.80. The summed E-state index contributed by atoms with van der Waals surface area (Å²) in [5.41, 5.74) is 2.06. The van der Waals surface area contributed by atoms with E-state index < -0.39 is 0 Å². The third kappa shape index (κ3) is 3.45. The molecule has 1 aliphatic heterocycles. The maximum absolute atomic E-state index is 8.87. The smallest absolute Gasteiger partial charge is 0.203 e. The molecule has 1 atom stereocenters. The molecule has 0 saturated heterocycles. The van der Waals surface area contributed by atoms with Crippen molar-refractivity contribution in [1.29, 1.82) is 0 Å². The first-order valence-corrected chi connectivity index (χ1v) is 7.38. The largest absolute Gasteiger partial charge is 0.493 e. The number of hydrogen-bond acceptors (Lipinski definition) is 6. The van der Waals surface area contributed by atoms with Gasteiger partial charge in [-0.25, -0.2) is 0 Å². The minimum atomic E-state index is -0.251. The zero-order chi connectivity index (χ0) is 15.9. The highest BCUT2D eigenvalue weighted by atomic mass is 16.5. The Morgan fingerprint density at radius 1 is 1.18 bits per heavy atom. The predicted octanol–water partition coefficient (Wildman–Crippen LogP) is 1.73. The number of fused-ring (bicyclic) bond motifs is 1. The van der Waals surface area contributed by atoms with Gasteiger partial charge in [0.15, 0.2) is 11.5 Å². The van der Waals surface area contributed by atoms with Crippen LogP contribution in [0.5, 0.6) is 17.2 Å². The van der Waals surface area contributed by atoms with Crippen molar-refractivity contribution >= 4 is 0 Å². The van der Waals surface area contributed by atoms with Crippen molar-refractivity contribution in [3.05, 3.63) is 17.2 Å². The van der Waals surface area contributed by atoms with Crippen LogP contribution < -0.4 is 14.2 Å². The quantitative estimate of drug-likeness (QED) is 0.774. The molecule has 0 amide bonds. The van der Waals surface area contributed by atoms with Gasteiger partial charge < -0.3 is 28.8 Å². The van der Waals surface area contributed by atoms with Crippen molar-refractivity contribution in [3.8, 4) is 17.2 Å². The van der Waals surface area contributed by atoms with Gasteiger partial charge >= 0.3 is 0 Å². The van der Waals surface area contributed by atoms with Gasteiger partial charge in [0.25, 0.3) is 0 Å². The molecule has 22 heavy (non-hydrogen) atoms. The maximum Gasteiger partial charge on any atom is 0.203 e. The number of aliphatic hydroxyl groups is 1. The van der Waals surface area contributed by atoms with Crippen molar-refractivity contribution in [1.82, 2.24) is 0 Å². The van der Waals surface area contributed by atoms with Crippen LogP contribution in [-0.4, -0.2) is 52.9 Å². The molecule has 0 aliphatic carbocycles. The van der Waals surface area contributed by atoms with Crippen LogP contribution in [0.1, 0.15) is 23.7 Å². The molecule has 6 heteroatoms. The third-order valence-electron chi connectivity index (χ3n) is 3.69. The van der Waals surface area contributed by atoms with Gasteiger partial charge in [-0.05, 0) is 24.5 Å². The molecule has 1 N–H and O–H groups in total. The molecule has 2 rings (SSSR count). The number of hydrogen-bond donors (Lipinski definition) is 1. The lowest BCUT2D eigenvalue weighted by Gasteiger charge is -2.23. The third-order valence-corrected chi connectivity index (χ3v) is 3.69. The molecule has 0 radical (unpaired) electrons. The number of rotatable bonds is 7. The number of aliphatic hydroxyl groups excluding tert-OH is 1. The lowest BCUT2D eigenvalue weighted by atomic mass is 9.97. The standard InChI is InChI=1S/C16H24O6/c1-18-12-9-11-5-4-7-22-13(10-21-8-6-17)14(11)16(20-3)15(12)19-2/h9,13,17H,4-8,10H2,1-3H3. The van der Waals surface area contributed by atoms with Crippen LogP contribution in [0.2, 0.25) is 0 Å². The molecular weight excluding hydrogens is 288 g/mol. The van der Waals surface area contributed by atoms with Crippen LogP contribution in [0.4, 0.5) is 0 Å². The maximum atomic E-state index is 8.87. The van der Waals surface area contributed by atoms with E-state index in [1.54, 1.807) is 21.3 Å². The normalized spacial score (nSPS) is 17.5. The zero-order valence-electron chi connectivity index (χ0n) is 13.4. The Morgan fingerprint density at radius 3 is 2.59 bits per heavy atom. The van der Waals surface area contributed by atoms with Gasteiger partial charge in [0.1, 0.15) is 6.10 Å². The number of methoxy groups -OCH3 is 3. The Bertz CT molecular complexity index is 488. The lowest BCUT2D eigenvalue weighted by Crippen LogP contribution is -2.15. The summed E-state index contributed by atoms with van der Waals surface area (Å²) in [6, 6.07) is 1.98. The van der Waals surface area contributed by atoms with Crippen molar-refractivity contribution in [3.63, 3.8) is 0 Å². The van der Waals surface area contributed by atoms with Gasteiger partial charge in [-0.1, -0.05) is 0 Å². The summed E-state index contributed by atoms with van der Waals surface area (Å²) in [5.74, 6) is 1.83. The molecule has 1 aliphatic rings. The van der Waals surface area contributed by atoms with Gasteiger partial charge in [0, 0.05) is 12.2 Å². The van der Waals surface area contributed by atoms with Crippen LogP contribution in [0, 0.1) is 0 Å². The molecule has 0 aromatic heterocycles. The Labute approximate surface area is 130 Å². The average molecular weight is 312 g/mol. The molecule has 0 bridgehead atoms. The van der Waals surface area contributed by atoms with Crippen LogP contribution in [0.15, 0.2) is 6.07 Å². The van der Waals surface area contributed by atoms with Gasteiger partial charge in [-0.15, -0.1) is 0 Å². The van der Waals surface area contributed by atoms with Gasteiger partial charge in [-0.2, -0.15) is 0 Å². The molecule has 1 heterocycles. The van der Waals surface area contributed by atoms with E-state index in [1.165, 1.54) is 0 Å². The summed E-state index contributed by atoms with van der Waals surface area (Å²) in [4.78, 5) is 0. The highest BCUT2D eigenvalue weighted by Gasteiger charge is 2.28. The van der Waals surface area contributed by atoms with E-state index in [0.717, 1.165) is 24.0 Å². The Morgan fingerprint density at radius 2 is 1.95 bits per heavy atom. The molecule has 0 spiro atoms. The summed E-state index contributed by atoms with van der Waals surface area (Å²) in [5, 5.41) is 8.87. The van der Waals surface area contributed by atoms with E-state index >= 15 is 0 Å². The minimum Gasteiger partial charge on any atom is -0.493 e. The molecule has 6 nitrogen and oxygen atoms in total. The molecule has 0 fully saturated rings. The summed E-state index contributed by atoms with van der Waals surface area (Å²) in [6.45, 7) is 1.28.